The van der Waals surface area contributed by atoms with Crippen LogP contribution in [0.15, 0.2) is 52.2 Å². The van der Waals surface area contributed by atoms with Crippen LogP contribution >= 0.6 is 0 Å². The summed E-state index contributed by atoms with van der Waals surface area (Å²) in [5.74, 6) is -0.164. The molecule has 3 rings (SSSR count). The van der Waals surface area contributed by atoms with Crippen molar-refractivity contribution in [2.75, 3.05) is 25.1 Å². The number of hydrogen-bond donors (Lipinski definition) is 0. The Kier molecular flexibility index (Phi) is 5.38. The highest BCUT2D eigenvalue weighted by atomic mass is 32.2. The fourth-order valence-electron chi connectivity index (χ4n) is 3.02. The van der Waals surface area contributed by atoms with Gasteiger partial charge in [0.05, 0.1) is 35.8 Å². The second-order valence-corrected chi connectivity index (χ2v) is 8.20. The maximum absolute atomic E-state index is 13.4. The van der Waals surface area contributed by atoms with Crippen LogP contribution in [0.1, 0.15) is 0 Å². The van der Waals surface area contributed by atoms with E-state index in [9.17, 15) is 18.0 Å². The molecule has 29 heavy (non-hydrogen) atoms. The lowest BCUT2D eigenvalue weighted by Crippen LogP contribution is -2.36. The number of carbonyl (C=O) groups is 1. The number of hydrogen-bond acceptors (Lipinski definition) is 6. The molecule has 3 aromatic rings. The van der Waals surface area contributed by atoms with Gasteiger partial charge in [0.1, 0.15) is 12.3 Å². The van der Waals surface area contributed by atoms with Gasteiger partial charge in [0.25, 0.3) is 10.0 Å². The van der Waals surface area contributed by atoms with E-state index >= 15 is 0 Å². The van der Waals surface area contributed by atoms with Crippen molar-refractivity contribution in [1.82, 2.24) is 9.13 Å². The Labute approximate surface area is 167 Å². The Hall–Kier alpha value is -3.27. The monoisotopic (exact) mass is 419 g/mol. The molecule has 0 aliphatic heterocycles. The van der Waals surface area contributed by atoms with E-state index in [1.54, 1.807) is 32.3 Å². The lowest BCUT2D eigenvalue weighted by molar-refractivity contribution is -0.138. The Morgan fingerprint density at radius 1 is 1.00 bits per heavy atom. The number of methoxy groups -OCH3 is 2. The summed E-state index contributed by atoms with van der Waals surface area (Å²) < 4.78 is 40.3. The summed E-state index contributed by atoms with van der Waals surface area (Å²) in [6.45, 7) is -0.503. The van der Waals surface area contributed by atoms with Gasteiger partial charge in [0, 0.05) is 14.1 Å². The second kappa shape index (κ2) is 7.63. The molecule has 0 amide bonds. The summed E-state index contributed by atoms with van der Waals surface area (Å²) in [5.41, 5.74) is 1.07. The average Bonchev–Trinajstić information content (AvgIpc) is 2.95. The number of aromatic nitrogens is 2. The van der Waals surface area contributed by atoms with Gasteiger partial charge in [-0.25, -0.2) is 13.2 Å². The third kappa shape index (κ3) is 3.58. The van der Waals surface area contributed by atoms with Gasteiger partial charge >= 0.3 is 11.7 Å². The molecule has 0 atom stereocenters. The first-order valence-electron chi connectivity index (χ1n) is 8.59. The smallest absolute Gasteiger partial charge is 0.328 e. The van der Waals surface area contributed by atoms with Crippen LogP contribution < -0.4 is 14.7 Å². The lowest BCUT2D eigenvalue weighted by Gasteiger charge is -2.23. The first kappa shape index (κ1) is 20.5. The number of imidazole rings is 1. The highest BCUT2D eigenvalue weighted by Crippen LogP contribution is 2.27. The largest absolute Gasteiger partial charge is 0.497 e. The quantitative estimate of drug-likeness (QED) is 0.558. The molecular formula is C19H21N3O6S. The number of sulfonamides is 1. The minimum atomic E-state index is -4.12. The number of fused-ring (bicyclic) bond motifs is 1. The summed E-state index contributed by atoms with van der Waals surface area (Å²) in [6, 6.07) is 10.7. The standard InChI is InChI=1S/C19H21N3O6S/c1-20-16-10-9-15(11-17(16)21(2)19(20)24)29(25,26)22(12-18(23)28-4)13-5-7-14(27-3)8-6-13/h5-11H,12H2,1-4H3. The highest BCUT2D eigenvalue weighted by Gasteiger charge is 2.28. The van der Waals surface area contributed by atoms with Gasteiger partial charge in [-0.2, -0.15) is 0 Å². The van der Waals surface area contributed by atoms with E-state index < -0.39 is 22.5 Å². The molecule has 0 saturated carbocycles. The lowest BCUT2D eigenvalue weighted by atomic mass is 10.3. The molecule has 2 aromatic carbocycles. The predicted octanol–water partition coefficient (Wildman–Crippen LogP) is 1.25. The van der Waals surface area contributed by atoms with Crippen LogP contribution in [-0.2, 0) is 33.7 Å². The number of carbonyl (C=O) groups excluding carboxylic acids is 1. The number of ether oxygens (including phenoxy) is 2. The number of nitrogens with zero attached hydrogens (tertiary/aromatic N) is 3. The topological polar surface area (TPSA) is 99.8 Å². The van der Waals surface area contributed by atoms with E-state index in [0.717, 1.165) is 4.31 Å². The maximum Gasteiger partial charge on any atom is 0.328 e. The molecule has 0 aliphatic rings. The number of anilines is 1. The summed E-state index contributed by atoms with van der Waals surface area (Å²) in [5, 5.41) is 0. The summed E-state index contributed by atoms with van der Waals surface area (Å²) in [4.78, 5) is 24.0. The first-order valence-corrected chi connectivity index (χ1v) is 10.0. The van der Waals surface area contributed by atoms with Gasteiger partial charge in [0.15, 0.2) is 0 Å². The summed E-state index contributed by atoms with van der Waals surface area (Å²) in [6.07, 6.45) is 0. The highest BCUT2D eigenvalue weighted by molar-refractivity contribution is 7.92. The van der Waals surface area contributed by atoms with Gasteiger partial charge < -0.3 is 9.47 Å². The molecule has 0 saturated heterocycles. The molecule has 0 N–H and O–H groups in total. The molecule has 0 unspecified atom stereocenters. The van der Waals surface area contributed by atoms with Gasteiger partial charge in [-0.3, -0.25) is 18.2 Å². The van der Waals surface area contributed by atoms with Crippen LogP contribution in [0.2, 0.25) is 0 Å². The minimum Gasteiger partial charge on any atom is -0.497 e. The van der Waals surface area contributed by atoms with Crippen LogP contribution in [0, 0.1) is 0 Å². The zero-order valence-corrected chi connectivity index (χ0v) is 17.3. The SMILES string of the molecule is COC(=O)CN(c1ccc(OC)cc1)S(=O)(=O)c1ccc2c(c1)n(C)c(=O)n2C. The Balaban J connectivity index is 2.15. The van der Waals surface area contributed by atoms with Crippen LogP contribution in [0.5, 0.6) is 5.75 Å². The molecule has 9 nitrogen and oxygen atoms in total. The average molecular weight is 419 g/mol. The number of benzene rings is 2. The van der Waals surface area contributed by atoms with Crippen molar-refractivity contribution in [1.29, 1.82) is 0 Å². The van der Waals surface area contributed by atoms with Crippen LogP contribution in [0.25, 0.3) is 11.0 Å². The Morgan fingerprint density at radius 3 is 2.21 bits per heavy atom. The molecule has 0 spiro atoms. The molecule has 154 valence electrons. The van der Waals surface area contributed by atoms with Crippen molar-refractivity contribution in [2.24, 2.45) is 14.1 Å². The van der Waals surface area contributed by atoms with E-state index in [4.69, 9.17) is 4.74 Å². The van der Waals surface area contributed by atoms with Crippen LogP contribution in [0.3, 0.4) is 0 Å². The van der Waals surface area contributed by atoms with Crippen molar-refractivity contribution in [2.45, 2.75) is 4.90 Å². The molecular weight excluding hydrogens is 398 g/mol. The fourth-order valence-corrected chi connectivity index (χ4v) is 4.45. The van der Waals surface area contributed by atoms with E-state index in [0.29, 0.717) is 16.8 Å². The minimum absolute atomic E-state index is 0.0501. The summed E-state index contributed by atoms with van der Waals surface area (Å²) >= 11 is 0. The molecule has 1 heterocycles. The van der Waals surface area contributed by atoms with Crippen molar-refractivity contribution in [3.63, 3.8) is 0 Å². The Morgan fingerprint density at radius 2 is 1.62 bits per heavy atom. The number of rotatable bonds is 6. The van der Waals surface area contributed by atoms with E-state index in [-0.39, 0.29) is 16.3 Å². The molecule has 10 heteroatoms. The van der Waals surface area contributed by atoms with Crippen LogP contribution in [-0.4, -0.2) is 44.3 Å². The van der Waals surface area contributed by atoms with Crippen molar-refractivity contribution in [3.8, 4) is 5.75 Å². The number of esters is 1. The normalized spacial score (nSPS) is 11.4. The molecule has 0 aliphatic carbocycles. The summed E-state index contributed by atoms with van der Waals surface area (Å²) in [7, 11) is 1.74. The van der Waals surface area contributed by atoms with Crippen molar-refractivity contribution >= 4 is 32.7 Å². The first-order chi connectivity index (χ1) is 13.7. The Bertz CT molecular complexity index is 1230. The molecule has 0 radical (unpaired) electrons. The number of aryl methyl sites for hydroxylation is 2. The van der Waals surface area contributed by atoms with E-state index in [1.165, 1.54) is 47.6 Å². The fraction of sp³-hybridized carbons (Fsp3) is 0.263. The van der Waals surface area contributed by atoms with Crippen LogP contribution in [0.4, 0.5) is 5.69 Å². The predicted molar refractivity (Wildman–Crippen MR) is 108 cm³/mol. The van der Waals surface area contributed by atoms with Gasteiger partial charge in [0.2, 0.25) is 0 Å². The van der Waals surface area contributed by atoms with Gasteiger partial charge in [-0.1, -0.05) is 0 Å². The van der Waals surface area contributed by atoms with Crippen molar-refractivity contribution in [3.05, 3.63) is 52.9 Å². The second-order valence-electron chi connectivity index (χ2n) is 6.34. The van der Waals surface area contributed by atoms with Crippen molar-refractivity contribution < 1.29 is 22.7 Å². The zero-order valence-electron chi connectivity index (χ0n) is 16.4. The van der Waals surface area contributed by atoms with Gasteiger partial charge in [-0.15, -0.1) is 0 Å². The van der Waals surface area contributed by atoms with E-state index in [2.05, 4.69) is 4.74 Å². The maximum atomic E-state index is 13.4. The zero-order chi connectivity index (χ0) is 21.3. The third-order valence-electron chi connectivity index (χ3n) is 4.69. The molecule has 1 aromatic heterocycles. The van der Waals surface area contributed by atoms with E-state index in [1.807, 2.05) is 0 Å². The molecule has 0 fully saturated rings. The third-order valence-corrected chi connectivity index (χ3v) is 6.46. The van der Waals surface area contributed by atoms with Gasteiger partial charge in [-0.05, 0) is 42.5 Å². The molecule has 0 bridgehead atoms.